The molecule has 110 valence electrons. The van der Waals surface area contributed by atoms with Gasteiger partial charge in [-0.2, -0.15) is 0 Å². The number of hydrogen-bond acceptors (Lipinski definition) is 3. The van der Waals surface area contributed by atoms with Crippen molar-refractivity contribution in [2.45, 2.75) is 6.54 Å². The maximum absolute atomic E-state index is 12.5. The van der Waals surface area contributed by atoms with Crippen LogP contribution in [0.1, 0.15) is 0 Å². The highest BCUT2D eigenvalue weighted by molar-refractivity contribution is 6.04. The Morgan fingerprint density at radius 1 is 1.38 bits per heavy atom. The van der Waals surface area contributed by atoms with Crippen LogP contribution >= 0.6 is 0 Å². The third-order valence-electron chi connectivity index (χ3n) is 3.63. The molecule has 0 unspecified atom stereocenters. The van der Waals surface area contributed by atoms with Gasteiger partial charge in [0.15, 0.2) is 0 Å². The molecule has 0 fully saturated rings. The third-order valence-corrected chi connectivity index (χ3v) is 3.63. The summed E-state index contributed by atoms with van der Waals surface area (Å²) in [5.74, 6) is 0.755. The van der Waals surface area contributed by atoms with Gasteiger partial charge in [-0.1, -0.05) is 0 Å². The summed E-state index contributed by atoms with van der Waals surface area (Å²) in [6, 6.07) is 5.68. The second-order valence-corrected chi connectivity index (χ2v) is 5.46. The number of rotatable bonds is 4. The van der Waals surface area contributed by atoms with Crippen LogP contribution in [0, 0.1) is 0 Å². The Bertz CT molecular complexity index is 848. The normalized spacial score (nSPS) is 11.6. The SMILES string of the molecule is COc1ccc2c(c1)[nH]c1c(=O)n(CC[NH+](C)C)cnc12. The van der Waals surface area contributed by atoms with E-state index in [9.17, 15) is 4.79 Å². The number of benzene rings is 1. The second kappa shape index (κ2) is 5.21. The van der Waals surface area contributed by atoms with E-state index in [2.05, 4.69) is 24.1 Å². The fourth-order valence-corrected chi connectivity index (χ4v) is 2.40. The highest BCUT2D eigenvalue weighted by atomic mass is 16.5. The topological polar surface area (TPSA) is 64.3 Å². The molecule has 2 aromatic heterocycles. The van der Waals surface area contributed by atoms with Gasteiger partial charge >= 0.3 is 0 Å². The van der Waals surface area contributed by atoms with Crippen molar-refractivity contribution in [1.29, 1.82) is 0 Å². The van der Waals surface area contributed by atoms with Gasteiger partial charge < -0.3 is 14.6 Å². The highest BCUT2D eigenvalue weighted by Gasteiger charge is 2.11. The van der Waals surface area contributed by atoms with Gasteiger partial charge in [0.1, 0.15) is 16.8 Å². The van der Waals surface area contributed by atoms with Crippen molar-refractivity contribution in [2.75, 3.05) is 27.7 Å². The molecule has 1 aromatic carbocycles. The lowest BCUT2D eigenvalue weighted by molar-refractivity contribution is -0.858. The summed E-state index contributed by atoms with van der Waals surface area (Å²) in [4.78, 5) is 21.4. The van der Waals surface area contributed by atoms with E-state index in [0.29, 0.717) is 17.6 Å². The van der Waals surface area contributed by atoms with Gasteiger partial charge in [0.2, 0.25) is 0 Å². The number of methoxy groups -OCH3 is 1. The molecular formula is C15H19N4O2+. The molecule has 0 saturated heterocycles. The van der Waals surface area contributed by atoms with E-state index < -0.39 is 0 Å². The molecule has 0 aliphatic carbocycles. The number of likely N-dealkylation sites (N-methyl/N-ethyl adjacent to an activating group) is 1. The summed E-state index contributed by atoms with van der Waals surface area (Å²) < 4.78 is 6.87. The van der Waals surface area contributed by atoms with E-state index in [1.54, 1.807) is 18.0 Å². The number of fused-ring (bicyclic) bond motifs is 3. The zero-order valence-electron chi connectivity index (χ0n) is 12.4. The molecule has 0 saturated carbocycles. The van der Waals surface area contributed by atoms with Crippen LogP contribution in [0.4, 0.5) is 0 Å². The molecule has 0 aliphatic heterocycles. The third kappa shape index (κ3) is 2.38. The largest absolute Gasteiger partial charge is 0.497 e. The Morgan fingerprint density at radius 2 is 2.19 bits per heavy atom. The van der Waals surface area contributed by atoms with Crippen LogP contribution in [0.5, 0.6) is 5.75 Å². The Balaban J connectivity index is 2.15. The van der Waals surface area contributed by atoms with E-state index in [4.69, 9.17) is 4.74 Å². The first kappa shape index (κ1) is 13.6. The maximum Gasteiger partial charge on any atom is 0.277 e. The summed E-state index contributed by atoms with van der Waals surface area (Å²) in [7, 11) is 5.75. The fraction of sp³-hybridized carbons (Fsp3) is 0.333. The Hall–Kier alpha value is -2.34. The van der Waals surface area contributed by atoms with Gasteiger partial charge in [-0.3, -0.25) is 9.36 Å². The monoisotopic (exact) mass is 287 g/mol. The first-order chi connectivity index (χ1) is 10.1. The molecule has 0 aliphatic rings. The van der Waals surface area contributed by atoms with Gasteiger partial charge in [0.25, 0.3) is 5.56 Å². The van der Waals surface area contributed by atoms with Crippen LogP contribution in [0.2, 0.25) is 0 Å². The van der Waals surface area contributed by atoms with Gasteiger partial charge in [0.05, 0.1) is 46.1 Å². The molecule has 6 heteroatoms. The smallest absolute Gasteiger partial charge is 0.277 e. The average Bonchev–Trinajstić information content (AvgIpc) is 2.85. The van der Waals surface area contributed by atoms with Crippen molar-refractivity contribution >= 4 is 21.9 Å². The van der Waals surface area contributed by atoms with E-state index in [1.807, 2.05) is 18.2 Å². The number of aromatic nitrogens is 3. The van der Waals surface area contributed by atoms with Crippen molar-refractivity contribution in [3.8, 4) is 5.75 Å². The predicted molar refractivity (Wildman–Crippen MR) is 82.1 cm³/mol. The first-order valence-electron chi connectivity index (χ1n) is 6.94. The van der Waals surface area contributed by atoms with Crippen molar-refractivity contribution in [3.05, 3.63) is 34.9 Å². The molecular weight excluding hydrogens is 268 g/mol. The summed E-state index contributed by atoms with van der Waals surface area (Å²) in [6.07, 6.45) is 1.63. The number of H-pyrrole nitrogens is 1. The standard InChI is InChI=1S/C15H18N4O2/c1-18(2)6-7-19-9-16-13-11-5-4-10(21-3)8-12(11)17-14(13)15(19)20/h4-5,8-9,17H,6-7H2,1-3H3/p+1. The van der Waals surface area contributed by atoms with Gasteiger partial charge in [0, 0.05) is 11.5 Å². The fourth-order valence-electron chi connectivity index (χ4n) is 2.40. The molecule has 2 N–H and O–H groups in total. The number of nitrogens with zero attached hydrogens (tertiary/aromatic N) is 2. The molecule has 3 rings (SSSR count). The van der Waals surface area contributed by atoms with Gasteiger partial charge in [-0.05, 0) is 12.1 Å². The minimum atomic E-state index is -0.0311. The van der Waals surface area contributed by atoms with E-state index in [1.165, 1.54) is 4.90 Å². The Morgan fingerprint density at radius 3 is 2.90 bits per heavy atom. The molecule has 0 bridgehead atoms. The number of aromatic amines is 1. The van der Waals surface area contributed by atoms with Crippen molar-refractivity contribution in [2.24, 2.45) is 0 Å². The molecule has 0 radical (unpaired) electrons. The average molecular weight is 287 g/mol. The van der Waals surface area contributed by atoms with Crippen LogP contribution in [-0.4, -0.2) is 42.3 Å². The van der Waals surface area contributed by atoms with Crippen molar-refractivity contribution in [1.82, 2.24) is 14.5 Å². The minimum Gasteiger partial charge on any atom is -0.497 e. The lowest BCUT2D eigenvalue weighted by Gasteiger charge is -2.08. The number of quaternary nitrogens is 1. The van der Waals surface area contributed by atoms with E-state index in [-0.39, 0.29) is 5.56 Å². The quantitative estimate of drug-likeness (QED) is 0.711. The van der Waals surface area contributed by atoms with E-state index in [0.717, 1.165) is 23.2 Å². The number of ether oxygens (including phenoxy) is 1. The van der Waals surface area contributed by atoms with Crippen molar-refractivity contribution in [3.63, 3.8) is 0 Å². The van der Waals surface area contributed by atoms with Crippen molar-refractivity contribution < 1.29 is 9.64 Å². The summed E-state index contributed by atoms with van der Waals surface area (Å²) in [5, 5.41) is 0.938. The van der Waals surface area contributed by atoms with Crippen LogP contribution in [-0.2, 0) is 6.54 Å². The molecule has 21 heavy (non-hydrogen) atoms. The molecule has 2 heterocycles. The zero-order chi connectivity index (χ0) is 15.0. The van der Waals surface area contributed by atoms with Crippen LogP contribution < -0.4 is 15.2 Å². The summed E-state index contributed by atoms with van der Waals surface area (Å²) >= 11 is 0. The number of hydrogen-bond donors (Lipinski definition) is 2. The van der Waals surface area contributed by atoms with Crippen LogP contribution in [0.25, 0.3) is 21.9 Å². The van der Waals surface area contributed by atoms with E-state index >= 15 is 0 Å². The zero-order valence-corrected chi connectivity index (χ0v) is 12.4. The maximum atomic E-state index is 12.5. The van der Waals surface area contributed by atoms with Gasteiger partial charge in [-0.15, -0.1) is 0 Å². The number of nitrogens with one attached hydrogen (secondary N) is 2. The van der Waals surface area contributed by atoms with Gasteiger partial charge in [-0.25, -0.2) is 4.98 Å². The van der Waals surface area contributed by atoms with Crippen LogP contribution in [0.3, 0.4) is 0 Å². The molecule has 0 atom stereocenters. The second-order valence-electron chi connectivity index (χ2n) is 5.46. The molecule has 3 aromatic rings. The summed E-state index contributed by atoms with van der Waals surface area (Å²) in [5.41, 5.74) is 2.10. The minimum absolute atomic E-state index is 0.0311. The Kier molecular flexibility index (Phi) is 3.39. The lowest BCUT2D eigenvalue weighted by atomic mass is 10.2. The molecule has 6 nitrogen and oxygen atoms in total. The predicted octanol–water partition coefficient (Wildman–Crippen LogP) is 0.0309. The lowest BCUT2D eigenvalue weighted by Crippen LogP contribution is -3.06. The first-order valence-corrected chi connectivity index (χ1v) is 6.94. The molecule has 0 spiro atoms. The summed E-state index contributed by atoms with van der Waals surface area (Å²) in [6.45, 7) is 1.53. The van der Waals surface area contributed by atoms with Crippen LogP contribution in [0.15, 0.2) is 29.3 Å². The Labute approximate surface area is 122 Å². The molecule has 0 amide bonds. The highest BCUT2D eigenvalue weighted by Crippen LogP contribution is 2.25.